The van der Waals surface area contributed by atoms with Gasteiger partial charge in [-0.05, 0) is 62.4 Å². The monoisotopic (exact) mass is 446 g/mol. The van der Waals surface area contributed by atoms with Gasteiger partial charge in [-0.1, -0.05) is 23.4 Å². The first-order valence-corrected chi connectivity index (χ1v) is 10.1. The Bertz CT molecular complexity index is 1170. The van der Waals surface area contributed by atoms with Crippen LogP contribution in [0.4, 0.5) is 13.2 Å². The number of aromatic nitrogens is 2. The zero-order valence-electron chi connectivity index (χ0n) is 17.6. The summed E-state index contributed by atoms with van der Waals surface area (Å²) in [6, 6.07) is 9.11. The standard InChI is InChI=1S/C23H21F3N2O4/c1-11(2)31-19-7-5-14(9-18(19)23(24,25)26)21-27-20(28-32-21)15-6-4-13(8-12(15)3)16-10-17(16)22(29)30/h4-9,11,16-17H,10H2,1-3H3,(H,29,30)/t16-,17+/m0/s1. The number of halogens is 3. The normalized spacial score (nSPS) is 18.1. The summed E-state index contributed by atoms with van der Waals surface area (Å²) in [5.74, 6) is -1.23. The third kappa shape index (κ3) is 4.32. The number of ether oxygens (including phenoxy) is 1. The summed E-state index contributed by atoms with van der Waals surface area (Å²) in [6.45, 7) is 5.14. The molecule has 2 atom stereocenters. The topological polar surface area (TPSA) is 85.5 Å². The summed E-state index contributed by atoms with van der Waals surface area (Å²) in [5.41, 5.74) is 1.62. The van der Waals surface area contributed by atoms with Crippen molar-refractivity contribution >= 4 is 5.97 Å². The Labute approximate surface area is 182 Å². The Hall–Kier alpha value is -3.36. The van der Waals surface area contributed by atoms with Gasteiger partial charge in [0.1, 0.15) is 5.75 Å². The fourth-order valence-corrected chi connectivity index (χ4v) is 3.70. The molecule has 32 heavy (non-hydrogen) atoms. The van der Waals surface area contributed by atoms with Gasteiger partial charge < -0.3 is 14.4 Å². The van der Waals surface area contributed by atoms with Crippen LogP contribution in [-0.2, 0) is 11.0 Å². The molecule has 9 heteroatoms. The van der Waals surface area contributed by atoms with E-state index in [4.69, 9.17) is 14.4 Å². The molecule has 1 heterocycles. The van der Waals surface area contributed by atoms with Crippen LogP contribution in [0.15, 0.2) is 40.9 Å². The number of carbonyl (C=O) groups is 1. The molecule has 0 saturated heterocycles. The average Bonchev–Trinajstić information content (AvgIpc) is 3.37. The molecular weight excluding hydrogens is 425 g/mol. The molecule has 1 N–H and O–H groups in total. The maximum Gasteiger partial charge on any atom is 0.419 e. The van der Waals surface area contributed by atoms with Crippen LogP contribution in [0.1, 0.15) is 42.9 Å². The van der Waals surface area contributed by atoms with Gasteiger partial charge in [-0.15, -0.1) is 0 Å². The van der Waals surface area contributed by atoms with Crippen molar-refractivity contribution in [2.75, 3.05) is 0 Å². The lowest BCUT2D eigenvalue weighted by Crippen LogP contribution is -2.13. The first-order valence-electron chi connectivity index (χ1n) is 10.1. The summed E-state index contributed by atoms with van der Waals surface area (Å²) in [5, 5.41) is 13.0. The minimum Gasteiger partial charge on any atom is -0.490 e. The van der Waals surface area contributed by atoms with Crippen molar-refractivity contribution in [3.05, 3.63) is 53.1 Å². The van der Waals surface area contributed by atoms with Crippen LogP contribution in [0.3, 0.4) is 0 Å². The number of alkyl halides is 3. The SMILES string of the molecule is Cc1cc([C@@H]2C[C@H]2C(=O)O)ccc1-c1noc(-c2ccc(OC(C)C)c(C(F)(F)F)c2)n1. The number of aryl methyl sites for hydroxylation is 1. The lowest BCUT2D eigenvalue weighted by atomic mass is 10.0. The van der Waals surface area contributed by atoms with Crippen molar-refractivity contribution < 1.29 is 32.3 Å². The summed E-state index contributed by atoms with van der Waals surface area (Å²) >= 11 is 0. The third-order valence-electron chi connectivity index (χ3n) is 5.35. The Morgan fingerprint density at radius 2 is 1.97 bits per heavy atom. The molecular formula is C23H21F3N2O4. The Kier molecular flexibility index (Phi) is 5.44. The molecule has 1 aliphatic rings. The number of nitrogens with zero attached hydrogens (tertiary/aromatic N) is 2. The number of aliphatic carboxylic acids is 1. The molecule has 0 spiro atoms. The Morgan fingerprint density at radius 1 is 1.22 bits per heavy atom. The highest BCUT2D eigenvalue weighted by Crippen LogP contribution is 2.48. The fraction of sp³-hybridized carbons (Fsp3) is 0.348. The van der Waals surface area contributed by atoms with E-state index in [2.05, 4.69) is 10.1 Å². The molecule has 2 aromatic carbocycles. The Morgan fingerprint density at radius 3 is 2.56 bits per heavy atom. The minimum atomic E-state index is -4.61. The highest BCUT2D eigenvalue weighted by atomic mass is 19.4. The second-order valence-electron chi connectivity index (χ2n) is 8.16. The van der Waals surface area contributed by atoms with Crippen molar-refractivity contribution in [2.24, 2.45) is 5.92 Å². The highest BCUT2D eigenvalue weighted by Gasteiger charge is 2.44. The number of hydrogen-bond acceptors (Lipinski definition) is 5. The van der Waals surface area contributed by atoms with Gasteiger partial charge >= 0.3 is 12.1 Å². The molecule has 0 aliphatic heterocycles. The largest absolute Gasteiger partial charge is 0.490 e. The fourth-order valence-electron chi connectivity index (χ4n) is 3.70. The first-order chi connectivity index (χ1) is 15.0. The van der Waals surface area contributed by atoms with E-state index >= 15 is 0 Å². The molecule has 1 aromatic heterocycles. The molecule has 0 bridgehead atoms. The van der Waals surface area contributed by atoms with Crippen molar-refractivity contribution in [1.29, 1.82) is 0 Å². The number of rotatable bonds is 6. The molecule has 1 fully saturated rings. The van der Waals surface area contributed by atoms with Gasteiger partial charge in [-0.3, -0.25) is 4.79 Å². The second kappa shape index (κ2) is 7.96. The van der Waals surface area contributed by atoms with Gasteiger partial charge in [0, 0.05) is 11.1 Å². The maximum atomic E-state index is 13.5. The minimum absolute atomic E-state index is 0.00607. The van der Waals surface area contributed by atoms with Gasteiger partial charge in [-0.2, -0.15) is 18.2 Å². The lowest BCUT2D eigenvalue weighted by Gasteiger charge is -2.16. The quantitative estimate of drug-likeness (QED) is 0.522. The summed E-state index contributed by atoms with van der Waals surface area (Å²) in [7, 11) is 0. The predicted molar refractivity (Wildman–Crippen MR) is 109 cm³/mol. The predicted octanol–water partition coefficient (Wildman–Crippen LogP) is 5.71. The maximum absolute atomic E-state index is 13.5. The summed E-state index contributed by atoms with van der Waals surface area (Å²) < 4.78 is 51.1. The molecule has 0 amide bonds. The van der Waals surface area contributed by atoms with Crippen LogP contribution < -0.4 is 4.74 Å². The van der Waals surface area contributed by atoms with E-state index in [9.17, 15) is 18.0 Å². The number of benzene rings is 2. The first kappa shape index (κ1) is 21.9. The van der Waals surface area contributed by atoms with E-state index in [1.807, 2.05) is 19.1 Å². The Balaban J connectivity index is 1.62. The number of carboxylic acids is 1. The van der Waals surface area contributed by atoms with E-state index in [1.165, 1.54) is 12.1 Å². The third-order valence-corrected chi connectivity index (χ3v) is 5.35. The average molecular weight is 446 g/mol. The van der Waals surface area contributed by atoms with Crippen molar-refractivity contribution in [3.8, 4) is 28.6 Å². The second-order valence-corrected chi connectivity index (χ2v) is 8.16. The highest BCUT2D eigenvalue weighted by molar-refractivity contribution is 5.75. The van der Waals surface area contributed by atoms with Gasteiger partial charge in [0.15, 0.2) is 0 Å². The van der Waals surface area contributed by atoms with Gasteiger partial charge in [0.25, 0.3) is 5.89 Å². The van der Waals surface area contributed by atoms with Gasteiger partial charge in [-0.25, -0.2) is 0 Å². The molecule has 0 radical (unpaired) electrons. The molecule has 1 aliphatic carbocycles. The van der Waals surface area contributed by atoms with Gasteiger partial charge in [0.05, 0.1) is 17.6 Å². The van der Waals surface area contributed by atoms with E-state index < -0.39 is 23.8 Å². The molecule has 3 aromatic rings. The van der Waals surface area contributed by atoms with Crippen LogP contribution in [0.5, 0.6) is 5.75 Å². The van der Waals surface area contributed by atoms with Crippen LogP contribution in [-0.4, -0.2) is 27.3 Å². The van der Waals surface area contributed by atoms with Crippen molar-refractivity contribution in [1.82, 2.24) is 10.1 Å². The molecule has 0 unspecified atom stereocenters. The van der Waals surface area contributed by atoms with Crippen molar-refractivity contribution in [3.63, 3.8) is 0 Å². The van der Waals surface area contributed by atoms with E-state index in [0.717, 1.165) is 17.2 Å². The van der Waals surface area contributed by atoms with Crippen LogP contribution in [0.2, 0.25) is 0 Å². The molecule has 4 rings (SSSR count). The van der Waals surface area contributed by atoms with Gasteiger partial charge in [0.2, 0.25) is 5.82 Å². The number of carboxylic acid groups (broad SMARTS) is 1. The molecule has 168 valence electrons. The lowest BCUT2D eigenvalue weighted by molar-refractivity contribution is -0.139. The summed E-state index contributed by atoms with van der Waals surface area (Å²) in [4.78, 5) is 15.4. The summed E-state index contributed by atoms with van der Waals surface area (Å²) in [6.07, 6.45) is -4.41. The van der Waals surface area contributed by atoms with Crippen molar-refractivity contribution in [2.45, 2.75) is 45.4 Å². The zero-order valence-corrected chi connectivity index (χ0v) is 17.6. The van der Waals surface area contributed by atoms with Crippen LogP contribution in [0, 0.1) is 12.8 Å². The zero-order chi connectivity index (χ0) is 23.2. The van der Waals surface area contributed by atoms with E-state index in [1.54, 1.807) is 19.9 Å². The smallest absolute Gasteiger partial charge is 0.419 e. The number of hydrogen-bond donors (Lipinski definition) is 1. The van der Waals surface area contributed by atoms with E-state index in [0.29, 0.717) is 12.0 Å². The molecule has 1 saturated carbocycles. The van der Waals surface area contributed by atoms with Crippen LogP contribution >= 0.6 is 0 Å². The van der Waals surface area contributed by atoms with E-state index in [-0.39, 0.29) is 34.9 Å². The molecule has 6 nitrogen and oxygen atoms in total. The van der Waals surface area contributed by atoms with Crippen LogP contribution in [0.25, 0.3) is 22.8 Å².